The van der Waals surface area contributed by atoms with E-state index in [9.17, 15) is 14.4 Å². The molecule has 0 saturated heterocycles. The number of unbranched alkanes of at least 4 members (excludes halogenated alkanes) is 48. The Morgan fingerprint density at radius 1 is 0.259 bits per heavy atom. The van der Waals surface area contributed by atoms with Crippen LogP contribution in [0.1, 0.15) is 393 Å². The molecular formula is C75H138O6. The fraction of sp³-hybridized carbons (Fsp3) is 0.853. The van der Waals surface area contributed by atoms with E-state index in [2.05, 4.69) is 69.4 Å². The van der Waals surface area contributed by atoms with E-state index in [0.717, 1.165) is 89.9 Å². The van der Waals surface area contributed by atoms with Crippen molar-refractivity contribution in [2.75, 3.05) is 13.2 Å². The van der Waals surface area contributed by atoms with E-state index < -0.39 is 6.10 Å². The highest BCUT2D eigenvalue weighted by atomic mass is 16.6. The molecular weight excluding hydrogens is 997 g/mol. The largest absolute Gasteiger partial charge is 0.462 e. The van der Waals surface area contributed by atoms with Crippen molar-refractivity contribution in [3.63, 3.8) is 0 Å². The lowest BCUT2D eigenvalue weighted by molar-refractivity contribution is -0.167. The van der Waals surface area contributed by atoms with Gasteiger partial charge in [0.25, 0.3) is 0 Å². The molecule has 0 aromatic carbocycles. The van der Waals surface area contributed by atoms with Crippen molar-refractivity contribution in [1.29, 1.82) is 0 Å². The molecule has 0 aliphatic rings. The summed E-state index contributed by atoms with van der Waals surface area (Å²) in [6.07, 6.45) is 88.9. The highest BCUT2D eigenvalue weighted by molar-refractivity contribution is 5.71. The van der Waals surface area contributed by atoms with Crippen LogP contribution in [0.25, 0.3) is 0 Å². The summed E-state index contributed by atoms with van der Waals surface area (Å²) < 4.78 is 16.9. The molecule has 0 saturated carbocycles. The molecule has 0 heterocycles. The van der Waals surface area contributed by atoms with Crippen molar-refractivity contribution in [1.82, 2.24) is 0 Å². The Hall–Kier alpha value is -2.63. The van der Waals surface area contributed by atoms with Crippen LogP contribution in [0.4, 0.5) is 0 Å². The molecule has 0 aliphatic carbocycles. The second kappa shape index (κ2) is 69.9. The molecule has 0 rings (SSSR count). The maximum Gasteiger partial charge on any atom is 0.306 e. The second-order valence-corrected chi connectivity index (χ2v) is 24.5. The van der Waals surface area contributed by atoms with Crippen LogP contribution in [-0.4, -0.2) is 37.2 Å². The van der Waals surface area contributed by atoms with Gasteiger partial charge in [-0.2, -0.15) is 0 Å². The molecule has 0 fully saturated rings. The second-order valence-electron chi connectivity index (χ2n) is 24.5. The number of allylic oxidation sites excluding steroid dienone is 8. The molecule has 1 atom stereocenters. The lowest BCUT2D eigenvalue weighted by Gasteiger charge is -2.18. The molecule has 81 heavy (non-hydrogen) atoms. The van der Waals surface area contributed by atoms with E-state index in [4.69, 9.17) is 14.2 Å². The van der Waals surface area contributed by atoms with Gasteiger partial charge in [-0.3, -0.25) is 14.4 Å². The van der Waals surface area contributed by atoms with Crippen LogP contribution in [0.2, 0.25) is 0 Å². The highest BCUT2D eigenvalue weighted by Gasteiger charge is 2.19. The minimum absolute atomic E-state index is 0.0716. The fourth-order valence-electron chi connectivity index (χ4n) is 11.0. The standard InChI is InChI=1S/C75H138O6/c1-4-7-10-13-16-19-21-23-25-27-29-31-32-33-34-35-36-37-38-39-40-41-42-44-45-47-49-51-53-56-59-62-65-68-74(77)80-71-72(70-79-73(76)67-64-61-58-55-18-15-12-9-6-3)81-75(78)69-66-63-60-57-54-52-50-48-46-43-30-28-26-24-22-20-17-14-11-8-5-2/h8,11,17,20,24,26,30,43,72H,4-7,9-10,12-16,18-19,21-23,25,27-29,31-42,44-71H2,1-3H3/b11-8-,20-17-,26-24-,43-30-. The van der Waals surface area contributed by atoms with Crippen LogP contribution < -0.4 is 0 Å². The number of esters is 3. The van der Waals surface area contributed by atoms with Crippen molar-refractivity contribution in [2.45, 2.75) is 399 Å². The molecule has 0 amide bonds. The zero-order chi connectivity index (χ0) is 58.5. The van der Waals surface area contributed by atoms with Gasteiger partial charge in [0.05, 0.1) is 0 Å². The average Bonchev–Trinajstić information content (AvgIpc) is 3.47. The summed E-state index contributed by atoms with van der Waals surface area (Å²) >= 11 is 0. The summed E-state index contributed by atoms with van der Waals surface area (Å²) in [6, 6.07) is 0. The summed E-state index contributed by atoms with van der Waals surface area (Å²) in [5.74, 6) is -0.859. The van der Waals surface area contributed by atoms with E-state index in [-0.39, 0.29) is 31.1 Å². The molecule has 1 unspecified atom stereocenters. The molecule has 0 aromatic heterocycles. The maximum atomic E-state index is 12.9. The van der Waals surface area contributed by atoms with E-state index >= 15 is 0 Å². The van der Waals surface area contributed by atoms with Gasteiger partial charge in [-0.25, -0.2) is 0 Å². The minimum Gasteiger partial charge on any atom is -0.462 e. The Morgan fingerprint density at radius 2 is 0.481 bits per heavy atom. The molecule has 0 bridgehead atoms. The number of rotatable bonds is 67. The Bertz CT molecular complexity index is 1400. The molecule has 0 aromatic rings. The predicted octanol–water partition coefficient (Wildman–Crippen LogP) is 24.9. The lowest BCUT2D eigenvalue weighted by atomic mass is 10.0. The van der Waals surface area contributed by atoms with Crippen molar-refractivity contribution in [3.05, 3.63) is 48.6 Å². The summed E-state index contributed by atoms with van der Waals surface area (Å²) in [5, 5.41) is 0. The molecule has 6 heteroatoms. The van der Waals surface area contributed by atoms with E-state index in [1.165, 1.54) is 263 Å². The van der Waals surface area contributed by atoms with Crippen LogP contribution in [-0.2, 0) is 28.6 Å². The minimum atomic E-state index is -0.775. The monoisotopic (exact) mass is 1140 g/mol. The summed E-state index contributed by atoms with van der Waals surface area (Å²) in [4.78, 5) is 38.3. The number of hydrogen-bond acceptors (Lipinski definition) is 6. The smallest absolute Gasteiger partial charge is 0.306 e. The normalized spacial score (nSPS) is 12.3. The van der Waals surface area contributed by atoms with E-state index in [0.29, 0.717) is 19.3 Å². The SMILES string of the molecule is CC/C=C\C/C=C\C/C=C\C/C=C\CCCCCCCCCCC(=O)OC(COC(=O)CCCCCCCCCCC)COC(=O)CCCCCCCCCCCCCCCCCCCCCCCCCCCCCCCCCCC. The van der Waals surface area contributed by atoms with Gasteiger partial charge >= 0.3 is 17.9 Å². The third-order valence-electron chi connectivity index (χ3n) is 16.3. The quantitative estimate of drug-likeness (QED) is 0.0261. The lowest BCUT2D eigenvalue weighted by Crippen LogP contribution is -2.30. The third kappa shape index (κ3) is 68.0. The van der Waals surface area contributed by atoms with Gasteiger partial charge in [-0.1, -0.05) is 365 Å². The Morgan fingerprint density at radius 3 is 0.753 bits per heavy atom. The van der Waals surface area contributed by atoms with Gasteiger partial charge in [0.2, 0.25) is 0 Å². The molecule has 474 valence electrons. The van der Waals surface area contributed by atoms with Crippen molar-refractivity contribution < 1.29 is 28.6 Å². The molecule has 0 radical (unpaired) electrons. The number of carbonyl (C=O) groups excluding carboxylic acids is 3. The average molecular weight is 1140 g/mol. The van der Waals surface area contributed by atoms with Crippen LogP contribution >= 0.6 is 0 Å². The van der Waals surface area contributed by atoms with E-state index in [1.807, 2.05) is 0 Å². The Labute approximate surface area is 505 Å². The molecule has 0 N–H and O–H groups in total. The Kier molecular flexibility index (Phi) is 67.6. The topological polar surface area (TPSA) is 78.9 Å². The summed E-state index contributed by atoms with van der Waals surface area (Å²) in [6.45, 7) is 6.57. The summed E-state index contributed by atoms with van der Waals surface area (Å²) in [5.41, 5.74) is 0. The number of ether oxygens (including phenoxy) is 3. The first-order valence-corrected chi connectivity index (χ1v) is 36.1. The van der Waals surface area contributed by atoms with Crippen LogP contribution in [0.15, 0.2) is 48.6 Å². The van der Waals surface area contributed by atoms with Crippen molar-refractivity contribution in [3.8, 4) is 0 Å². The molecule has 0 aliphatic heterocycles. The number of carbonyl (C=O) groups is 3. The molecule has 6 nitrogen and oxygen atoms in total. The third-order valence-corrected chi connectivity index (χ3v) is 16.3. The highest BCUT2D eigenvalue weighted by Crippen LogP contribution is 2.19. The van der Waals surface area contributed by atoms with Crippen molar-refractivity contribution in [2.24, 2.45) is 0 Å². The zero-order valence-electron chi connectivity index (χ0n) is 54.6. The first kappa shape index (κ1) is 78.4. The maximum absolute atomic E-state index is 12.9. The van der Waals surface area contributed by atoms with Gasteiger partial charge in [-0.05, 0) is 57.8 Å². The van der Waals surface area contributed by atoms with Crippen molar-refractivity contribution >= 4 is 17.9 Å². The van der Waals surface area contributed by atoms with Gasteiger partial charge in [0.1, 0.15) is 13.2 Å². The fourth-order valence-corrected chi connectivity index (χ4v) is 11.0. The Balaban J connectivity index is 4.04. The summed E-state index contributed by atoms with van der Waals surface area (Å²) in [7, 11) is 0. The number of hydrogen-bond donors (Lipinski definition) is 0. The first-order chi connectivity index (χ1) is 40.0. The molecule has 0 spiro atoms. The van der Waals surface area contributed by atoms with E-state index in [1.54, 1.807) is 0 Å². The first-order valence-electron chi connectivity index (χ1n) is 36.1. The van der Waals surface area contributed by atoms with Crippen LogP contribution in [0.3, 0.4) is 0 Å². The van der Waals surface area contributed by atoms with Gasteiger partial charge in [0, 0.05) is 19.3 Å². The van der Waals surface area contributed by atoms with Gasteiger partial charge in [-0.15, -0.1) is 0 Å². The zero-order valence-corrected chi connectivity index (χ0v) is 54.6. The predicted molar refractivity (Wildman–Crippen MR) is 353 cm³/mol. The van der Waals surface area contributed by atoms with Crippen LogP contribution in [0, 0.1) is 0 Å². The van der Waals surface area contributed by atoms with Gasteiger partial charge in [0.15, 0.2) is 6.10 Å². The van der Waals surface area contributed by atoms with Crippen LogP contribution in [0.5, 0.6) is 0 Å². The van der Waals surface area contributed by atoms with Gasteiger partial charge < -0.3 is 14.2 Å².